The van der Waals surface area contributed by atoms with Crippen molar-refractivity contribution in [2.24, 2.45) is 0 Å². The maximum atomic E-state index is 12.2. The second kappa shape index (κ2) is 9.27. The molecule has 0 saturated heterocycles. The van der Waals surface area contributed by atoms with Gasteiger partial charge in [0.2, 0.25) is 5.78 Å². The monoisotopic (exact) mass is 356 g/mol. The lowest BCUT2D eigenvalue weighted by molar-refractivity contribution is -0.136. The number of benzene rings is 2. The molecule has 0 aliphatic rings. The van der Waals surface area contributed by atoms with Gasteiger partial charge in [0.15, 0.2) is 18.1 Å². The summed E-state index contributed by atoms with van der Waals surface area (Å²) >= 11 is 0. The lowest BCUT2D eigenvalue weighted by atomic mass is 10.1. The number of carbonyl (C=O) groups excluding carboxylic acids is 2. The van der Waals surface area contributed by atoms with Crippen molar-refractivity contribution in [2.75, 3.05) is 27.9 Å². The molecule has 6 nitrogen and oxygen atoms in total. The summed E-state index contributed by atoms with van der Waals surface area (Å²) in [5.74, 6) is 0.505. The van der Waals surface area contributed by atoms with E-state index in [-0.39, 0.29) is 12.4 Å². The fourth-order valence-corrected chi connectivity index (χ4v) is 2.34. The van der Waals surface area contributed by atoms with Gasteiger partial charge in [-0.1, -0.05) is 24.3 Å². The normalized spacial score (nSPS) is 10.4. The van der Waals surface area contributed by atoms with Crippen LogP contribution < -0.4 is 14.2 Å². The van der Waals surface area contributed by atoms with Gasteiger partial charge < -0.3 is 18.9 Å². The largest absolute Gasteiger partial charge is 0.496 e. The van der Waals surface area contributed by atoms with E-state index in [1.807, 2.05) is 0 Å². The fourth-order valence-electron chi connectivity index (χ4n) is 2.34. The lowest BCUT2D eigenvalue weighted by Gasteiger charge is -2.09. The first kappa shape index (κ1) is 19.1. The second-order valence-corrected chi connectivity index (χ2v) is 5.15. The molecule has 0 atom stereocenters. The fraction of sp³-hybridized carbons (Fsp3) is 0.200. The third kappa shape index (κ3) is 4.63. The number of ketones is 1. The minimum absolute atomic E-state index is 0.344. The van der Waals surface area contributed by atoms with Gasteiger partial charge in [0.1, 0.15) is 5.75 Å². The average molecular weight is 356 g/mol. The van der Waals surface area contributed by atoms with E-state index >= 15 is 0 Å². The van der Waals surface area contributed by atoms with Gasteiger partial charge in [-0.3, -0.25) is 4.79 Å². The number of esters is 1. The van der Waals surface area contributed by atoms with Crippen LogP contribution in [-0.2, 0) is 9.53 Å². The summed E-state index contributed by atoms with van der Waals surface area (Å²) in [5, 5.41) is 0. The number of rotatable bonds is 8. The summed E-state index contributed by atoms with van der Waals surface area (Å²) in [6, 6.07) is 12.1. The maximum absolute atomic E-state index is 12.2. The van der Waals surface area contributed by atoms with E-state index in [0.717, 1.165) is 0 Å². The molecule has 2 aromatic rings. The van der Waals surface area contributed by atoms with Crippen LogP contribution in [0.1, 0.15) is 15.9 Å². The molecular weight excluding hydrogens is 336 g/mol. The Bertz CT molecular complexity index is 810. The highest BCUT2D eigenvalue weighted by atomic mass is 16.5. The Kier molecular flexibility index (Phi) is 6.79. The Balaban J connectivity index is 2.01. The van der Waals surface area contributed by atoms with Crippen molar-refractivity contribution in [3.8, 4) is 17.2 Å². The summed E-state index contributed by atoms with van der Waals surface area (Å²) in [6.45, 7) is -0.376. The van der Waals surface area contributed by atoms with Gasteiger partial charge in [-0.15, -0.1) is 0 Å². The molecular formula is C20H20O6. The van der Waals surface area contributed by atoms with Crippen LogP contribution in [0.25, 0.3) is 6.08 Å². The van der Waals surface area contributed by atoms with Crippen molar-refractivity contribution in [3.63, 3.8) is 0 Å². The van der Waals surface area contributed by atoms with Crippen LogP contribution in [0.2, 0.25) is 0 Å². The number of ether oxygens (including phenoxy) is 4. The second-order valence-electron chi connectivity index (χ2n) is 5.15. The third-order valence-electron chi connectivity index (χ3n) is 3.59. The van der Waals surface area contributed by atoms with Crippen LogP contribution >= 0.6 is 0 Å². The minimum atomic E-state index is -0.641. The van der Waals surface area contributed by atoms with Gasteiger partial charge in [0.25, 0.3) is 0 Å². The molecule has 0 unspecified atom stereocenters. The van der Waals surface area contributed by atoms with Crippen LogP contribution in [0, 0.1) is 0 Å². The molecule has 0 fully saturated rings. The zero-order valence-electron chi connectivity index (χ0n) is 14.9. The molecule has 26 heavy (non-hydrogen) atoms. The smallest absolute Gasteiger partial charge is 0.331 e. The van der Waals surface area contributed by atoms with Crippen LogP contribution in [-0.4, -0.2) is 39.7 Å². The predicted octanol–water partition coefficient (Wildman–Crippen LogP) is 3.15. The van der Waals surface area contributed by atoms with Crippen molar-refractivity contribution in [1.29, 1.82) is 0 Å². The molecule has 0 spiro atoms. The summed E-state index contributed by atoms with van der Waals surface area (Å²) in [7, 11) is 4.52. The van der Waals surface area contributed by atoms with Gasteiger partial charge in [-0.2, -0.15) is 0 Å². The van der Waals surface area contributed by atoms with E-state index in [1.165, 1.54) is 33.5 Å². The Morgan fingerprint density at radius 3 is 2.27 bits per heavy atom. The topological polar surface area (TPSA) is 71.1 Å². The van der Waals surface area contributed by atoms with Gasteiger partial charge in [-0.05, 0) is 24.3 Å². The van der Waals surface area contributed by atoms with E-state index in [0.29, 0.717) is 28.4 Å². The summed E-state index contributed by atoms with van der Waals surface area (Å²) in [5.41, 5.74) is 1.01. The molecule has 0 saturated carbocycles. The molecule has 0 aliphatic heterocycles. The van der Waals surface area contributed by atoms with Crippen LogP contribution in [0.15, 0.2) is 48.5 Å². The minimum Gasteiger partial charge on any atom is -0.496 e. The van der Waals surface area contributed by atoms with E-state index in [1.54, 1.807) is 42.5 Å². The predicted molar refractivity (Wildman–Crippen MR) is 96.9 cm³/mol. The van der Waals surface area contributed by atoms with Crippen molar-refractivity contribution in [2.45, 2.75) is 0 Å². The highest BCUT2D eigenvalue weighted by Crippen LogP contribution is 2.31. The lowest BCUT2D eigenvalue weighted by Crippen LogP contribution is -2.13. The van der Waals surface area contributed by atoms with E-state index < -0.39 is 5.97 Å². The summed E-state index contributed by atoms with van der Waals surface area (Å²) in [6.07, 6.45) is 2.77. The van der Waals surface area contributed by atoms with Crippen molar-refractivity contribution in [3.05, 3.63) is 59.7 Å². The molecule has 0 aliphatic carbocycles. The zero-order chi connectivity index (χ0) is 18.9. The first-order valence-electron chi connectivity index (χ1n) is 7.82. The number of para-hydroxylation sites is 2. The highest BCUT2D eigenvalue weighted by molar-refractivity contribution is 6.01. The maximum Gasteiger partial charge on any atom is 0.331 e. The van der Waals surface area contributed by atoms with Gasteiger partial charge in [0.05, 0.1) is 26.9 Å². The van der Waals surface area contributed by atoms with E-state index in [9.17, 15) is 9.59 Å². The summed E-state index contributed by atoms with van der Waals surface area (Å²) < 4.78 is 20.6. The molecule has 2 aromatic carbocycles. The van der Waals surface area contributed by atoms with Crippen molar-refractivity contribution < 1.29 is 28.5 Å². The first-order chi connectivity index (χ1) is 12.6. The molecule has 6 heteroatoms. The molecule has 136 valence electrons. The Hall–Kier alpha value is -3.28. The Morgan fingerprint density at radius 1 is 0.885 bits per heavy atom. The van der Waals surface area contributed by atoms with Gasteiger partial charge >= 0.3 is 5.97 Å². The Labute approximate surface area is 151 Å². The average Bonchev–Trinajstić information content (AvgIpc) is 2.69. The van der Waals surface area contributed by atoms with Crippen LogP contribution in [0.4, 0.5) is 0 Å². The highest BCUT2D eigenvalue weighted by Gasteiger charge is 2.13. The standard InChI is InChI=1S/C20H20O6/c1-23-17-9-5-4-8-15(17)16(21)13-26-19(22)12-11-14-7-6-10-18(24-2)20(14)25-3/h4-12H,13H2,1-3H3/b12-11+. The quantitative estimate of drug-likeness (QED) is 0.411. The van der Waals surface area contributed by atoms with Gasteiger partial charge in [0, 0.05) is 11.6 Å². The number of hydrogen-bond acceptors (Lipinski definition) is 6. The summed E-state index contributed by atoms with van der Waals surface area (Å²) in [4.78, 5) is 24.1. The number of methoxy groups -OCH3 is 3. The Morgan fingerprint density at radius 2 is 1.58 bits per heavy atom. The van der Waals surface area contributed by atoms with Crippen LogP contribution in [0.3, 0.4) is 0 Å². The molecule has 0 radical (unpaired) electrons. The molecule has 2 rings (SSSR count). The molecule has 0 aromatic heterocycles. The number of carbonyl (C=O) groups is 2. The third-order valence-corrected chi connectivity index (χ3v) is 3.59. The van der Waals surface area contributed by atoms with Crippen molar-refractivity contribution in [1.82, 2.24) is 0 Å². The molecule has 0 N–H and O–H groups in total. The molecule has 0 bridgehead atoms. The first-order valence-corrected chi connectivity index (χ1v) is 7.82. The van der Waals surface area contributed by atoms with Crippen LogP contribution in [0.5, 0.6) is 17.2 Å². The molecule has 0 amide bonds. The number of hydrogen-bond donors (Lipinski definition) is 0. The van der Waals surface area contributed by atoms with Crippen molar-refractivity contribution >= 4 is 17.8 Å². The zero-order valence-corrected chi connectivity index (χ0v) is 14.9. The number of Topliss-reactive ketones (excluding diaryl/α,β-unsaturated/α-hetero) is 1. The SMILES string of the molecule is COc1ccccc1C(=O)COC(=O)/C=C/c1cccc(OC)c1OC. The van der Waals surface area contributed by atoms with E-state index in [4.69, 9.17) is 18.9 Å². The molecule has 0 heterocycles. The van der Waals surface area contributed by atoms with E-state index in [2.05, 4.69) is 0 Å². The van der Waals surface area contributed by atoms with Gasteiger partial charge in [-0.25, -0.2) is 4.79 Å².